The Bertz CT molecular complexity index is 554. The van der Waals surface area contributed by atoms with Crippen LogP contribution in [0.1, 0.15) is 24.3 Å². The lowest BCUT2D eigenvalue weighted by Crippen LogP contribution is -2.28. The van der Waals surface area contributed by atoms with Crippen LogP contribution < -0.4 is 16.0 Å². The molecule has 3 N–H and O–H groups in total. The maximum Gasteiger partial charge on any atom is 0.319 e. The summed E-state index contributed by atoms with van der Waals surface area (Å²) in [7, 11) is 1.90. The average Bonchev–Trinajstić information content (AvgIpc) is 2.98. The Labute approximate surface area is 117 Å². The minimum absolute atomic E-state index is 0.231. The van der Waals surface area contributed by atoms with Crippen molar-refractivity contribution < 1.29 is 9.32 Å². The number of carbonyl (C=O) groups excluding carboxylic acids is 1. The van der Waals surface area contributed by atoms with Gasteiger partial charge in [0.2, 0.25) is 0 Å². The van der Waals surface area contributed by atoms with E-state index in [9.17, 15) is 4.79 Å². The fourth-order valence-electron chi connectivity index (χ4n) is 1.73. The van der Waals surface area contributed by atoms with Gasteiger partial charge in [-0.1, -0.05) is 17.3 Å². The van der Waals surface area contributed by atoms with Crippen molar-refractivity contribution in [1.29, 1.82) is 0 Å². The van der Waals surface area contributed by atoms with Crippen molar-refractivity contribution >= 4 is 11.7 Å². The summed E-state index contributed by atoms with van der Waals surface area (Å²) >= 11 is 0. The number of hydrogen-bond donors (Lipinski definition) is 3. The fraction of sp³-hybridized carbons (Fsp3) is 0.286. The van der Waals surface area contributed by atoms with Crippen LogP contribution in [0.5, 0.6) is 0 Å². The van der Waals surface area contributed by atoms with Gasteiger partial charge in [0.1, 0.15) is 0 Å². The van der Waals surface area contributed by atoms with E-state index in [-0.39, 0.29) is 12.1 Å². The van der Waals surface area contributed by atoms with Gasteiger partial charge in [-0.05, 0) is 31.7 Å². The molecule has 0 saturated carbocycles. The Kier molecular flexibility index (Phi) is 4.73. The van der Waals surface area contributed by atoms with Gasteiger partial charge in [-0.2, -0.15) is 0 Å². The number of carbonyl (C=O) groups is 1. The fourth-order valence-corrected chi connectivity index (χ4v) is 1.73. The highest BCUT2D eigenvalue weighted by Gasteiger charge is 2.06. The predicted octanol–water partition coefficient (Wildman–Crippen LogP) is 2.28. The molecule has 0 saturated heterocycles. The van der Waals surface area contributed by atoms with Crippen molar-refractivity contribution in [3.05, 3.63) is 47.9 Å². The van der Waals surface area contributed by atoms with Gasteiger partial charge < -0.3 is 20.5 Å². The van der Waals surface area contributed by atoms with E-state index >= 15 is 0 Å². The molecule has 0 aliphatic heterocycles. The van der Waals surface area contributed by atoms with Crippen LogP contribution in [-0.2, 0) is 6.54 Å². The number of aromatic nitrogens is 1. The molecule has 1 unspecified atom stereocenters. The standard InChI is InChI=1S/C14H18N4O2/c1-10(15-2)11-4-3-5-12(8-11)18-14(19)16-9-13-6-7-17-20-13/h3-8,10,15H,9H2,1-2H3,(H2,16,18,19). The Balaban J connectivity index is 1.90. The van der Waals surface area contributed by atoms with E-state index in [0.717, 1.165) is 11.3 Å². The zero-order chi connectivity index (χ0) is 14.4. The van der Waals surface area contributed by atoms with Crippen LogP contribution >= 0.6 is 0 Å². The second-order valence-corrected chi connectivity index (χ2v) is 4.42. The molecule has 0 bridgehead atoms. The maximum absolute atomic E-state index is 11.8. The van der Waals surface area contributed by atoms with Crippen LogP contribution in [0.3, 0.4) is 0 Å². The van der Waals surface area contributed by atoms with E-state index < -0.39 is 0 Å². The maximum atomic E-state index is 11.8. The van der Waals surface area contributed by atoms with E-state index in [1.54, 1.807) is 6.07 Å². The third kappa shape index (κ3) is 3.83. The Morgan fingerprint density at radius 2 is 2.25 bits per heavy atom. The molecule has 0 radical (unpaired) electrons. The minimum Gasteiger partial charge on any atom is -0.360 e. The molecule has 1 aromatic carbocycles. The number of nitrogens with one attached hydrogen (secondary N) is 3. The molecule has 6 heteroatoms. The van der Waals surface area contributed by atoms with E-state index in [4.69, 9.17) is 4.52 Å². The zero-order valence-electron chi connectivity index (χ0n) is 11.5. The largest absolute Gasteiger partial charge is 0.360 e. The lowest BCUT2D eigenvalue weighted by molar-refractivity contribution is 0.250. The van der Waals surface area contributed by atoms with E-state index in [0.29, 0.717) is 12.3 Å². The molecular weight excluding hydrogens is 256 g/mol. The lowest BCUT2D eigenvalue weighted by atomic mass is 10.1. The first-order chi connectivity index (χ1) is 9.69. The van der Waals surface area contributed by atoms with Gasteiger partial charge in [0, 0.05) is 17.8 Å². The van der Waals surface area contributed by atoms with Crippen LogP contribution in [-0.4, -0.2) is 18.2 Å². The highest BCUT2D eigenvalue weighted by Crippen LogP contribution is 2.16. The first-order valence-corrected chi connectivity index (χ1v) is 6.40. The zero-order valence-corrected chi connectivity index (χ0v) is 11.5. The van der Waals surface area contributed by atoms with Gasteiger partial charge in [-0.15, -0.1) is 0 Å². The molecule has 0 aliphatic rings. The number of rotatable bonds is 5. The second kappa shape index (κ2) is 6.72. The van der Waals surface area contributed by atoms with E-state index in [1.165, 1.54) is 6.20 Å². The highest BCUT2D eigenvalue weighted by molar-refractivity contribution is 5.89. The smallest absolute Gasteiger partial charge is 0.319 e. The van der Waals surface area contributed by atoms with Crippen LogP contribution in [0.2, 0.25) is 0 Å². The summed E-state index contributed by atoms with van der Waals surface area (Å²) in [6.45, 7) is 2.36. The van der Waals surface area contributed by atoms with Crippen molar-refractivity contribution in [2.24, 2.45) is 0 Å². The molecule has 0 fully saturated rings. The summed E-state index contributed by atoms with van der Waals surface area (Å²) in [5.41, 5.74) is 1.86. The normalized spacial score (nSPS) is 11.9. The number of benzene rings is 1. The number of amides is 2. The van der Waals surface area contributed by atoms with Gasteiger partial charge in [0.05, 0.1) is 12.7 Å². The molecule has 1 heterocycles. The molecule has 1 atom stereocenters. The quantitative estimate of drug-likeness (QED) is 0.781. The van der Waals surface area contributed by atoms with Crippen LogP contribution in [0.4, 0.5) is 10.5 Å². The molecule has 20 heavy (non-hydrogen) atoms. The average molecular weight is 274 g/mol. The topological polar surface area (TPSA) is 79.2 Å². The van der Waals surface area contributed by atoms with Gasteiger partial charge in [-0.3, -0.25) is 0 Å². The number of nitrogens with zero attached hydrogens (tertiary/aromatic N) is 1. The molecule has 1 aromatic heterocycles. The molecular formula is C14H18N4O2. The molecule has 2 rings (SSSR count). The Hall–Kier alpha value is -2.34. The SMILES string of the molecule is CNC(C)c1cccc(NC(=O)NCc2ccno2)c1. The molecule has 2 aromatic rings. The third-order valence-electron chi connectivity index (χ3n) is 2.99. The molecule has 2 amide bonds. The first kappa shape index (κ1) is 14.1. The van der Waals surface area contributed by atoms with Crippen LogP contribution in [0, 0.1) is 0 Å². The van der Waals surface area contributed by atoms with Gasteiger partial charge in [-0.25, -0.2) is 4.79 Å². The van der Waals surface area contributed by atoms with E-state index in [1.807, 2.05) is 31.3 Å². The summed E-state index contributed by atoms with van der Waals surface area (Å²) in [4.78, 5) is 11.8. The Morgan fingerprint density at radius 3 is 2.95 bits per heavy atom. The summed E-state index contributed by atoms with van der Waals surface area (Å²) in [6.07, 6.45) is 1.54. The molecule has 0 aliphatic carbocycles. The highest BCUT2D eigenvalue weighted by atomic mass is 16.5. The minimum atomic E-state index is -0.282. The molecule has 6 nitrogen and oxygen atoms in total. The van der Waals surface area contributed by atoms with Crippen molar-refractivity contribution in [2.75, 3.05) is 12.4 Å². The van der Waals surface area contributed by atoms with Crippen molar-refractivity contribution in [1.82, 2.24) is 15.8 Å². The monoisotopic (exact) mass is 274 g/mol. The second-order valence-electron chi connectivity index (χ2n) is 4.42. The predicted molar refractivity (Wildman–Crippen MR) is 76.3 cm³/mol. The number of hydrogen-bond acceptors (Lipinski definition) is 4. The van der Waals surface area contributed by atoms with Gasteiger partial charge >= 0.3 is 6.03 Å². The summed E-state index contributed by atoms with van der Waals surface area (Å²) in [5, 5.41) is 12.2. The number of urea groups is 1. The Morgan fingerprint density at radius 1 is 1.40 bits per heavy atom. The van der Waals surface area contributed by atoms with E-state index in [2.05, 4.69) is 28.0 Å². The molecule has 106 valence electrons. The van der Waals surface area contributed by atoms with Crippen molar-refractivity contribution in [3.63, 3.8) is 0 Å². The molecule has 0 spiro atoms. The number of anilines is 1. The van der Waals surface area contributed by atoms with Crippen molar-refractivity contribution in [3.8, 4) is 0 Å². The summed E-state index contributed by atoms with van der Waals surface area (Å²) in [6, 6.07) is 9.36. The summed E-state index contributed by atoms with van der Waals surface area (Å²) < 4.78 is 4.90. The van der Waals surface area contributed by atoms with Crippen molar-refractivity contribution in [2.45, 2.75) is 19.5 Å². The summed E-state index contributed by atoms with van der Waals surface area (Å²) in [5.74, 6) is 0.609. The van der Waals surface area contributed by atoms with Gasteiger partial charge in [0.15, 0.2) is 5.76 Å². The van der Waals surface area contributed by atoms with Gasteiger partial charge in [0.25, 0.3) is 0 Å². The third-order valence-corrected chi connectivity index (χ3v) is 2.99. The first-order valence-electron chi connectivity index (χ1n) is 6.40. The van der Waals surface area contributed by atoms with Crippen LogP contribution in [0.25, 0.3) is 0 Å². The lowest BCUT2D eigenvalue weighted by Gasteiger charge is -2.12. The van der Waals surface area contributed by atoms with Crippen LogP contribution in [0.15, 0.2) is 41.1 Å².